The van der Waals surface area contributed by atoms with Crippen LogP contribution in [0, 0.1) is 6.92 Å². The molecule has 0 radical (unpaired) electrons. The van der Waals surface area contributed by atoms with Crippen molar-refractivity contribution in [3.05, 3.63) is 76.0 Å². The van der Waals surface area contributed by atoms with Gasteiger partial charge in [-0.05, 0) is 40.5 Å². The van der Waals surface area contributed by atoms with E-state index in [1.54, 1.807) is 23.6 Å². The third-order valence-electron chi connectivity index (χ3n) is 4.63. The van der Waals surface area contributed by atoms with E-state index >= 15 is 0 Å². The molecule has 0 spiro atoms. The zero-order chi connectivity index (χ0) is 22.5. The van der Waals surface area contributed by atoms with Crippen LogP contribution in [0.3, 0.4) is 0 Å². The molecule has 3 aromatic heterocycles. The first kappa shape index (κ1) is 22.4. The van der Waals surface area contributed by atoms with E-state index in [0.717, 1.165) is 27.0 Å². The number of benzene rings is 1. The number of allylic oxidation sites excluding steroid dienone is 1. The molecular weight excluding hydrogens is 506 g/mol. The summed E-state index contributed by atoms with van der Waals surface area (Å²) in [5, 5.41) is 14.4. The number of anilines is 1. The summed E-state index contributed by atoms with van der Waals surface area (Å²) in [4.78, 5) is 17.8. The number of hydrogen-bond donors (Lipinski definition) is 1. The lowest BCUT2D eigenvalue weighted by molar-refractivity contribution is -0.113. The lowest BCUT2D eigenvalue weighted by atomic mass is 10.0. The van der Waals surface area contributed by atoms with E-state index in [-0.39, 0.29) is 11.7 Å². The Bertz CT molecular complexity index is 1240. The molecule has 0 saturated carbocycles. The average molecular weight is 526 g/mol. The number of aromatic nitrogens is 4. The molecular formula is C23H20BrN5OS2. The van der Waals surface area contributed by atoms with E-state index in [1.165, 1.54) is 16.6 Å². The predicted octanol–water partition coefficient (Wildman–Crippen LogP) is 6.06. The minimum atomic E-state index is -0.157. The molecule has 162 valence electrons. The number of halogens is 1. The van der Waals surface area contributed by atoms with Crippen molar-refractivity contribution in [1.29, 1.82) is 0 Å². The van der Waals surface area contributed by atoms with Gasteiger partial charge in [0, 0.05) is 38.6 Å². The molecule has 9 heteroatoms. The summed E-state index contributed by atoms with van der Waals surface area (Å²) in [5.41, 5.74) is 3.33. The highest BCUT2D eigenvalue weighted by Crippen LogP contribution is 2.39. The second kappa shape index (κ2) is 10.2. The van der Waals surface area contributed by atoms with Gasteiger partial charge in [-0.1, -0.05) is 48.2 Å². The molecule has 32 heavy (non-hydrogen) atoms. The summed E-state index contributed by atoms with van der Waals surface area (Å²) < 4.78 is 2.85. The molecule has 0 aliphatic carbocycles. The van der Waals surface area contributed by atoms with E-state index in [9.17, 15) is 4.79 Å². The molecule has 0 unspecified atom stereocenters. The van der Waals surface area contributed by atoms with Crippen molar-refractivity contribution in [3.63, 3.8) is 0 Å². The maximum Gasteiger partial charge on any atom is 0.236 e. The lowest BCUT2D eigenvalue weighted by Gasteiger charge is -2.10. The van der Waals surface area contributed by atoms with Crippen LogP contribution in [0.4, 0.5) is 5.82 Å². The third kappa shape index (κ3) is 5.01. The minimum absolute atomic E-state index is 0.157. The second-order valence-corrected chi connectivity index (χ2v) is 9.79. The summed E-state index contributed by atoms with van der Waals surface area (Å²) in [6.45, 7) is 6.54. The number of aryl methyl sites for hydroxylation is 1. The highest BCUT2D eigenvalue weighted by Gasteiger charge is 2.20. The topological polar surface area (TPSA) is 72.7 Å². The number of thioether (sulfide) groups is 1. The number of nitrogens with one attached hydrogen (secondary N) is 1. The summed E-state index contributed by atoms with van der Waals surface area (Å²) in [5.74, 6) is 1.32. The SMILES string of the molecule is C=CCn1c(SCC(=O)Nc2ccc(Br)cn2)nnc1-c1csc(C)c1-c1ccccc1. The summed E-state index contributed by atoms with van der Waals surface area (Å²) in [7, 11) is 0. The fourth-order valence-electron chi connectivity index (χ4n) is 3.23. The smallest absolute Gasteiger partial charge is 0.236 e. The molecule has 1 N–H and O–H groups in total. The van der Waals surface area contributed by atoms with Gasteiger partial charge in [-0.25, -0.2) is 4.98 Å². The van der Waals surface area contributed by atoms with Gasteiger partial charge >= 0.3 is 0 Å². The predicted molar refractivity (Wildman–Crippen MR) is 135 cm³/mol. The van der Waals surface area contributed by atoms with Crippen LogP contribution in [0.25, 0.3) is 22.5 Å². The van der Waals surface area contributed by atoms with Crippen LogP contribution >= 0.6 is 39.0 Å². The third-order valence-corrected chi connectivity index (χ3v) is 6.98. The Morgan fingerprint density at radius 3 is 2.78 bits per heavy atom. The maximum absolute atomic E-state index is 12.4. The van der Waals surface area contributed by atoms with Crippen LogP contribution in [0.2, 0.25) is 0 Å². The van der Waals surface area contributed by atoms with Gasteiger partial charge < -0.3 is 5.32 Å². The summed E-state index contributed by atoms with van der Waals surface area (Å²) in [6, 6.07) is 13.8. The molecule has 1 amide bonds. The largest absolute Gasteiger partial charge is 0.310 e. The van der Waals surface area contributed by atoms with Gasteiger partial charge in [-0.15, -0.1) is 28.1 Å². The van der Waals surface area contributed by atoms with Gasteiger partial charge in [-0.3, -0.25) is 9.36 Å². The second-order valence-electron chi connectivity index (χ2n) is 6.85. The van der Waals surface area contributed by atoms with E-state index in [4.69, 9.17) is 0 Å². The van der Waals surface area contributed by atoms with Crippen molar-refractivity contribution in [2.75, 3.05) is 11.1 Å². The number of thiophene rings is 1. The van der Waals surface area contributed by atoms with Crippen LogP contribution in [-0.4, -0.2) is 31.4 Å². The standard InChI is InChI=1S/C23H20BrN5OS2/c1-3-11-29-22(18-13-31-15(2)21(18)16-7-5-4-6-8-16)27-28-23(29)32-14-20(30)26-19-10-9-17(24)12-25-19/h3-10,12-13H,1,11,14H2,2H3,(H,25,26,30). The number of nitrogens with zero attached hydrogens (tertiary/aromatic N) is 4. The first-order chi connectivity index (χ1) is 15.6. The van der Waals surface area contributed by atoms with Gasteiger partial charge in [0.2, 0.25) is 5.91 Å². The van der Waals surface area contributed by atoms with Crippen molar-refractivity contribution in [3.8, 4) is 22.5 Å². The zero-order valence-electron chi connectivity index (χ0n) is 17.3. The van der Waals surface area contributed by atoms with E-state index in [0.29, 0.717) is 17.5 Å². The molecule has 1 aromatic carbocycles. The molecule has 0 saturated heterocycles. The zero-order valence-corrected chi connectivity index (χ0v) is 20.5. The van der Waals surface area contributed by atoms with Gasteiger partial charge in [0.25, 0.3) is 0 Å². The molecule has 4 aromatic rings. The van der Waals surface area contributed by atoms with Crippen molar-refractivity contribution < 1.29 is 4.79 Å². The van der Waals surface area contributed by atoms with Gasteiger partial charge in [0.1, 0.15) is 5.82 Å². The molecule has 6 nitrogen and oxygen atoms in total. The Balaban J connectivity index is 1.57. The molecule has 0 bridgehead atoms. The fraction of sp³-hybridized carbons (Fsp3) is 0.130. The Kier molecular flexibility index (Phi) is 7.19. The number of hydrogen-bond acceptors (Lipinski definition) is 6. The van der Waals surface area contributed by atoms with Crippen LogP contribution in [0.1, 0.15) is 4.88 Å². The number of carbonyl (C=O) groups excluding carboxylic acids is 1. The fourth-order valence-corrected chi connectivity index (χ4v) is 5.08. The molecule has 4 rings (SSSR count). The molecule has 0 fully saturated rings. The van der Waals surface area contributed by atoms with E-state index in [2.05, 4.69) is 67.4 Å². The van der Waals surface area contributed by atoms with Crippen molar-refractivity contribution in [1.82, 2.24) is 19.7 Å². The van der Waals surface area contributed by atoms with Crippen LogP contribution in [-0.2, 0) is 11.3 Å². The highest BCUT2D eigenvalue weighted by molar-refractivity contribution is 9.10. The first-order valence-electron chi connectivity index (χ1n) is 9.79. The van der Waals surface area contributed by atoms with Crippen LogP contribution < -0.4 is 5.32 Å². The molecule has 0 atom stereocenters. The highest BCUT2D eigenvalue weighted by atomic mass is 79.9. The monoisotopic (exact) mass is 525 g/mol. The quantitative estimate of drug-likeness (QED) is 0.223. The van der Waals surface area contributed by atoms with E-state index < -0.39 is 0 Å². The van der Waals surface area contributed by atoms with Crippen molar-refractivity contribution in [2.24, 2.45) is 0 Å². The van der Waals surface area contributed by atoms with Crippen LogP contribution in [0.15, 0.2) is 76.3 Å². The number of rotatable bonds is 8. The normalized spacial score (nSPS) is 10.8. The van der Waals surface area contributed by atoms with Crippen molar-refractivity contribution in [2.45, 2.75) is 18.6 Å². The maximum atomic E-state index is 12.4. The Hall–Kier alpha value is -2.75. The van der Waals surface area contributed by atoms with Crippen molar-refractivity contribution >= 4 is 50.8 Å². The number of carbonyl (C=O) groups is 1. The average Bonchev–Trinajstić information content (AvgIpc) is 3.37. The van der Waals surface area contributed by atoms with Gasteiger partial charge in [0.15, 0.2) is 11.0 Å². The summed E-state index contributed by atoms with van der Waals surface area (Å²) >= 11 is 6.36. The lowest BCUT2D eigenvalue weighted by Crippen LogP contribution is -2.15. The summed E-state index contributed by atoms with van der Waals surface area (Å²) in [6.07, 6.45) is 3.45. The first-order valence-corrected chi connectivity index (χ1v) is 12.4. The van der Waals surface area contributed by atoms with Gasteiger partial charge in [0.05, 0.1) is 5.75 Å². The van der Waals surface area contributed by atoms with Crippen LogP contribution in [0.5, 0.6) is 0 Å². The Morgan fingerprint density at radius 2 is 2.06 bits per heavy atom. The Morgan fingerprint density at radius 1 is 1.25 bits per heavy atom. The molecule has 0 aliphatic heterocycles. The number of amides is 1. The minimum Gasteiger partial charge on any atom is -0.310 e. The van der Waals surface area contributed by atoms with E-state index in [1.807, 2.05) is 34.9 Å². The molecule has 0 aliphatic rings. The van der Waals surface area contributed by atoms with Gasteiger partial charge in [-0.2, -0.15) is 0 Å². The Labute approximate surface area is 202 Å². The molecule has 3 heterocycles. The number of pyridine rings is 1.